The highest BCUT2D eigenvalue weighted by Gasteiger charge is 2.28. The summed E-state index contributed by atoms with van der Waals surface area (Å²) in [5, 5.41) is 11.5. The van der Waals surface area contributed by atoms with E-state index in [1.54, 1.807) is 0 Å². The molecule has 0 bridgehead atoms. The standard InChI is InChI=1S/C18H19N5O4/c1-9-14-15(10-4-2-5-11(10)20-18(14)27-22-9)16(24)19-8-13-21-17(26-23-13)12-6-3-7-25-12/h12H,2-8H2,1H3,(H,19,24)/t12-/m1/s1. The van der Waals surface area contributed by atoms with Gasteiger partial charge in [-0.05, 0) is 44.6 Å². The minimum atomic E-state index is -0.199. The maximum atomic E-state index is 13.0. The van der Waals surface area contributed by atoms with E-state index in [1.807, 2.05) is 6.92 Å². The summed E-state index contributed by atoms with van der Waals surface area (Å²) in [6.45, 7) is 2.71. The minimum absolute atomic E-state index is 0.135. The number of nitrogens with one attached hydrogen (secondary N) is 1. The molecular weight excluding hydrogens is 350 g/mol. The fourth-order valence-corrected chi connectivity index (χ4v) is 3.86. The first kappa shape index (κ1) is 16.4. The van der Waals surface area contributed by atoms with E-state index in [2.05, 4.69) is 25.6 Å². The van der Waals surface area contributed by atoms with Crippen molar-refractivity contribution in [3.8, 4) is 0 Å². The first-order chi connectivity index (χ1) is 13.2. The van der Waals surface area contributed by atoms with Crippen molar-refractivity contribution < 1.29 is 18.6 Å². The lowest BCUT2D eigenvalue weighted by Crippen LogP contribution is -2.25. The van der Waals surface area contributed by atoms with E-state index < -0.39 is 0 Å². The number of carbonyl (C=O) groups is 1. The van der Waals surface area contributed by atoms with Gasteiger partial charge in [0, 0.05) is 12.3 Å². The molecule has 1 atom stereocenters. The number of amides is 1. The van der Waals surface area contributed by atoms with Gasteiger partial charge in [0.25, 0.3) is 17.5 Å². The van der Waals surface area contributed by atoms with E-state index >= 15 is 0 Å². The third kappa shape index (κ3) is 2.78. The highest BCUT2D eigenvalue weighted by atomic mass is 16.5. The summed E-state index contributed by atoms with van der Waals surface area (Å²) in [4.78, 5) is 21.8. The quantitative estimate of drug-likeness (QED) is 0.744. The summed E-state index contributed by atoms with van der Waals surface area (Å²) in [5.41, 5.74) is 3.59. The maximum Gasteiger partial charge on any atom is 0.259 e. The predicted octanol–water partition coefficient (Wildman–Crippen LogP) is 2.18. The van der Waals surface area contributed by atoms with Crippen LogP contribution in [0.2, 0.25) is 0 Å². The van der Waals surface area contributed by atoms with Crippen molar-refractivity contribution in [1.82, 2.24) is 25.6 Å². The molecule has 0 aromatic carbocycles. The minimum Gasteiger partial charge on any atom is -0.368 e. The molecule has 3 aromatic rings. The number of fused-ring (bicyclic) bond motifs is 2. The van der Waals surface area contributed by atoms with Gasteiger partial charge in [0.15, 0.2) is 5.82 Å². The van der Waals surface area contributed by atoms with Crippen LogP contribution in [0.1, 0.15) is 64.4 Å². The zero-order valence-corrected chi connectivity index (χ0v) is 14.9. The molecule has 9 nitrogen and oxygen atoms in total. The molecule has 1 saturated heterocycles. The average Bonchev–Trinajstić information content (AvgIpc) is 3.44. The van der Waals surface area contributed by atoms with Gasteiger partial charge in [-0.15, -0.1) is 0 Å². The van der Waals surface area contributed by atoms with Gasteiger partial charge < -0.3 is 19.1 Å². The van der Waals surface area contributed by atoms with Gasteiger partial charge in [-0.25, -0.2) is 4.98 Å². The second kappa shape index (κ2) is 6.41. The molecule has 0 radical (unpaired) electrons. The van der Waals surface area contributed by atoms with Crippen LogP contribution in [0.4, 0.5) is 0 Å². The van der Waals surface area contributed by atoms with Crippen molar-refractivity contribution in [3.05, 3.63) is 34.2 Å². The number of aryl methyl sites for hydroxylation is 2. The Labute approximate surface area is 154 Å². The number of aromatic nitrogens is 4. The summed E-state index contributed by atoms with van der Waals surface area (Å²) in [6.07, 6.45) is 4.39. The number of ether oxygens (including phenoxy) is 1. The summed E-state index contributed by atoms with van der Waals surface area (Å²) < 4.78 is 16.1. The Hall–Kier alpha value is -2.81. The number of rotatable bonds is 4. The van der Waals surface area contributed by atoms with Gasteiger partial charge in [-0.1, -0.05) is 10.3 Å². The molecule has 1 fully saturated rings. The van der Waals surface area contributed by atoms with Crippen LogP contribution in [0.15, 0.2) is 9.05 Å². The van der Waals surface area contributed by atoms with Crippen LogP contribution in [0.5, 0.6) is 0 Å². The van der Waals surface area contributed by atoms with Gasteiger partial charge in [0.2, 0.25) is 0 Å². The maximum absolute atomic E-state index is 13.0. The molecule has 0 saturated carbocycles. The molecular formula is C18H19N5O4. The number of hydrogen-bond donors (Lipinski definition) is 1. The molecule has 1 aliphatic carbocycles. The predicted molar refractivity (Wildman–Crippen MR) is 92.0 cm³/mol. The Morgan fingerprint density at radius 3 is 2.96 bits per heavy atom. The van der Waals surface area contributed by atoms with E-state index in [1.165, 1.54) is 0 Å². The molecule has 0 unspecified atom stereocenters. The molecule has 4 heterocycles. The van der Waals surface area contributed by atoms with Crippen LogP contribution in [-0.2, 0) is 24.1 Å². The molecule has 3 aromatic heterocycles. The molecule has 1 amide bonds. The van der Waals surface area contributed by atoms with Crippen LogP contribution in [0, 0.1) is 6.92 Å². The van der Waals surface area contributed by atoms with Crippen molar-refractivity contribution in [3.63, 3.8) is 0 Å². The van der Waals surface area contributed by atoms with Crippen LogP contribution >= 0.6 is 0 Å². The average molecular weight is 369 g/mol. The number of carbonyl (C=O) groups excluding carboxylic acids is 1. The second-order valence-corrected chi connectivity index (χ2v) is 6.95. The number of nitrogens with zero attached hydrogens (tertiary/aromatic N) is 4. The summed E-state index contributed by atoms with van der Waals surface area (Å²) in [7, 11) is 0. The highest BCUT2D eigenvalue weighted by Crippen LogP contribution is 2.31. The van der Waals surface area contributed by atoms with E-state index in [0.29, 0.717) is 40.7 Å². The fraction of sp³-hybridized carbons (Fsp3) is 0.500. The monoisotopic (exact) mass is 369 g/mol. The zero-order chi connectivity index (χ0) is 18.4. The lowest BCUT2D eigenvalue weighted by Gasteiger charge is -2.09. The van der Waals surface area contributed by atoms with Crippen LogP contribution in [0.3, 0.4) is 0 Å². The van der Waals surface area contributed by atoms with Gasteiger partial charge in [0.1, 0.15) is 6.10 Å². The van der Waals surface area contributed by atoms with Crippen molar-refractivity contribution in [2.45, 2.75) is 51.7 Å². The fourth-order valence-electron chi connectivity index (χ4n) is 3.86. The highest BCUT2D eigenvalue weighted by molar-refractivity contribution is 6.07. The SMILES string of the molecule is Cc1noc2nc3c(c(C(=O)NCc4noc([C@H]5CCCO5)n4)c12)CCC3. The Bertz CT molecular complexity index is 1020. The van der Waals surface area contributed by atoms with Gasteiger partial charge >= 0.3 is 0 Å². The van der Waals surface area contributed by atoms with E-state index in [9.17, 15) is 4.79 Å². The largest absolute Gasteiger partial charge is 0.368 e. The zero-order valence-electron chi connectivity index (χ0n) is 14.9. The molecule has 1 N–H and O–H groups in total. The van der Waals surface area contributed by atoms with Crippen molar-refractivity contribution in [1.29, 1.82) is 0 Å². The third-order valence-electron chi connectivity index (χ3n) is 5.14. The molecule has 0 spiro atoms. The first-order valence-electron chi connectivity index (χ1n) is 9.20. The van der Waals surface area contributed by atoms with E-state index in [0.717, 1.165) is 43.4 Å². The number of pyridine rings is 1. The summed E-state index contributed by atoms with van der Waals surface area (Å²) >= 11 is 0. The van der Waals surface area contributed by atoms with Crippen molar-refractivity contribution in [2.24, 2.45) is 0 Å². The normalized spacial score (nSPS) is 18.9. The first-order valence-corrected chi connectivity index (χ1v) is 9.20. The summed E-state index contributed by atoms with van der Waals surface area (Å²) in [5.74, 6) is 0.701. The van der Waals surface area contributed by atoms with Crippen LogP contribution in [0.25, 0.3) is 11.1 Å². The molecule has 5 rings (SSSR count). The van der Waals surface area contributed by atoms with Crippen LogP contribution < -0.4 is 5.32 Å². The van der Waals surface area contributed by atoms with Crippen molar-refractivity contribution >= 4 is 17.0 Å². The third-order valence-corrected chi connectivity index (χ3v) is 5.14. The topological polar surface area (TPSA) is 116 Å². The smallest absolute Gasteiger partial charge is 0.259 e. The van der Waals surface area contributed by atoms with Gasteiger partial charge in [-0.3, -0.25) is 4.79 Å². The summed E-state index contributed by atoms with van der Waals surface area (Å²) in [6, 6.07) is 0. The van der Waals surface area contributed by atoms with E-state index in [-0.39, 0.29) is 18.6 Å². The lowest BCUT2D eigenvalue weighted by molar-refractivity contribution is 0.0835. The molecule has 2 aliphatic rings. The molecule has 27 heavy (non-hydrogen) atoms. The lowest BCUT2D eigenvalue weighted by atomic mass is 10.0. The Morgan fingerprint density at radius 2 is 2.11 bits per heavy atom. The Balaban J connectivity index is 1.39. The Kier molecular flexibility index (Phi) is 3.89. The van der Waals surface area contributed by atoms with Crippen molar-refractivity contribution in [2.75, 3.05) is 6.61 Å². The molecule has 1 aliphatic heterocycles. The molecule has 9 heteroatoms. The molecule has 140 valence electrons. The van der Waals surface area contributed by atoms with Gasteiger partial charge in [-0.2, -0.15) is 4.98 Å². The van der Waals surface area contributed by atoms with Crippen LogP contribution in [-0.4, -0.2) is 32.8 Å². The second-order valence-electron chi connectivity index (χ2n) is 6.95. The van der Waals surface area contributed by atoms with E-state index in [4.69, 9.17) is 13.8 Å². The van der Waals surface area contributed by atoms with Gasteiger partial charge in [0.05, 0.1) is 23.2 Å². The number of hydrogen-bond acceptors (Lipinski definition) is 8. The Morgan fingerprint density at radius 1 is 1.19 bits per heavy atom.